The Balaban J connectivity index is 2.21. The Morgan fingerprint density at radius 3 is 2.81 bits per heavy atom. The predicted molar refractivity (Wildman–Crippen MR) is 86.5 cm³/mol. The molecule has 21 heavy (non-hydrogen) atoms. The molecule has 2 rings (SSSR count). The Bertz CT molecular complexity index is 702. The van der Waals surface area contributed by atoms with Crippen molar-refractivity contribution in [2.24, 2.45) is 0 Å². The lowest BCUT2D eigenvalue weighted by Gasteiger charge is -2.13. The maximum Gasteiger partial charge on any atom is 0.242 e. The van der Waals surface area contributed by atoms with Gasteiger partial charge < -0.3 is 5.32 Å². The summed E-state index contributed by atoms with van der Waals surface area (Å²) < 4.78 is 27.3. The predicted octanol–water partition coefficient (Wildman–Crippen LogP) is 3.27. The van der Waals surface area contributed by atoms with Crippen molar-refractivity contribution in [3.8, 4) is 0 Å². The summed E-state index contributed by atoms with van der Waals surface area (Å²) in [5.74, 6) is 0.476. The second-order valence-electron chi connectivity index (χ2n) is 4.39. The number of thiophene rings is 1. The zero-order valence-corrected chi connectivity index (χ0v) is 14.0. The average molecular weight is 346 g/mol. The van der Waals surface area contributed by atoms with Crippen LogP contribution in [0.1, 0.15) is 24.8 Å². The minimum atomic E-state index is -3.66. The van der Waals surface area contributed by atoms with E-state index in [9.17, 15) is 8.42 Å². The normalized spacial score (nSPS) is 13.1. The van der Waals surface area contributed by atoms with Crippen LogP contribution < -0.4 is 10.0 Å². The molecule has 5 nitrogen and oxygen atoms in total. The smallest absolute Gasteiger partial charge is 0.242 e. The maximum atomic E-state index is 12.3. The van der Waals surface area contributed by atoms with Crippen molar-refractivity contribution < 1.29 is 8.42 Å². The first-order valence-corrected chi connectivity index (χ1v) is 9.13. The lowest BCUT2D eigenvalue weighted by atomic mass is 10.3. The van der Waals surface area contributed by atoms with E-state index < -0.39 is 10.0 Å². The first-order chi connectivity index (χ1) is 9.94. The number of hydrogen-bond donors (Lipinski definition) is 2. The summed E-state index contributed by atoms with van der Waals surface area (Å²) in [7, 11) is -3.66. The zero-order valence-electron chi connectivity index (χ0n) is 11.6. The number of anilines is 1. The highest BCUT2D eigenvalue weighted by molar-refractivity contribution is 7.89. The molecule has 0 radical (unpaired) electrons. The molecule has 114 valence electrons. The molecule has 0 aliphatic rings. The van der Waals surface area contributed by atoms with E-state index in [1.54, 1.807) is 6.92 Å². The molecule has 0 aliphatic heterocycles. The van der Waals surface area contributed by atoms with Crippen LogP contribution >= 0.6 is 22.9 Å². The fraction of sp³-hybridized carbons (Fsp3) is 0.308. The lowest BCUT2D eigenvalue weighted by molar-refractivity contribution is 0.568. The summed E-state index contributed by atoms with van der Waals surface area (Å²) in [5, 5.41) is 5.15. The van der Waals surface area contributed by atoms with Crippen LogP contribution in [0.3, 0.4) is 0 Å². The van der Waals surface area contributed by atoms with Crippen LogP contribution in [0, 0.1) is 0 Å². The van der Waals surface area contributed by atoms with Crippen LogP contribution in [-0.4, -0.2) is 19.9 Å². The highest BCUT2D eigenvalue weighted by Gasteiger charge is 2.20. The molecular formula is C13H16ClN3O2S2. The molecule has 0 spiro atoms. The van der Waals surface area contributed by atoms with Crippen molar-refractivity contribution >= 4 is 38.8 Å². The largest absolute Gasteiger partial charge is 0.369 e. The molecule has 2 heterocycles. The number of rotatable bonds is 6. The molecule has 2 aromatic heterocycles. The SMILES string of the molecule is CCNc1ncc(S(=O)(=O)NC(C)c2cccs2)cc1Cl. The third kappa shape index (κ3) is 3.94. The number of aromatic nitrogens is 1. The lowest BCUT2D eigenvalue weighted by Crippen LogP contribution is -2.26. The molecule has 0 fully saturated rings. The summed E-state index contributed by atoms with van der Waals surface area (Å²) >= 11 is 7.54. The van der Waals surface area contributed by atoms with Gasteiger partial charge in [0.1, 0.15) is 10.7 Å². The van der Waals surface area contributed by atoms with E-state index in [4.69, 9.17) is 11.6 Å². The van der Waals surface area contributed by atoms with Crippen molar-refractivity contribution in [3.05, 3.63) is 39.7 Å². The van der Waals surface area contributed by atoms with Crippen LogP contribution in [0.15, 0.2) is 34.7 Å². The number of sulfonamides is 1. The molecule has 0 aliphatic carbocycles. The van der Waals surface area contributed by atoms with Gasteiger partial charge in [0.05, 0.1) is 11.1 Å². The molecule has 0 amide bonds. The van der Waals surface area contributed by atoms with Crippen LogP contribution in [-0.2, 0) is 10.0 Å². The molecule has 2 aromatic rings. The Morgan fingerprint density at radius 2 is 2.24 bits per heavy atom. The van der Waals surface area contributed by atoms with E-state index in [0.29, 0.717) is 12.4 Å². The van der Waals surface area contributed by atoms with E-state index in [1.165, 1.54) is 23.6 Å². The maximum absolute atomic E-state index is 12.3. The summed E-state index contributed by atoms with van der Waals surface area (Å²) in [5.41, 5.74) is 0. The summed E-state index contributed by atoms with van der Waals surface area (Å²) in [6, 6.07) is 4.86. The molecule has 0 saturated heterocycles. The fourth-order valence-corrected chi connectivity index (χ4v) is 4.06. The summed E-state index contributed by atoms with van der Waals surface area (Å²) in [6.45, 7) is 4.37. The van der Waals surface area contributed by atoms with Crippen molar-refractivity contribution in [3.63, 3.8) is 0 Å². The minimum absolute atomic E-state index is 0.0533. The quantitative estimate of drug-likeness (QED) is 0.842. The third-order valence-corrected chi connectivity index (χ3v) is 5.62. The fourth-order valence-electron chi connectivity index (χ4n) is 1.76. The van der Waals surface area contributed by atoms with Gasteiger partial charge in [0, 0.05) is 17.6 Å². The van der Waals surface area contributed by atoms with Crippen LogP contribution in [0.2, 0.25) is 5.02 Å². The molecule has 0 bridgehead atoms. The van der Waals surface area contributed by atoms with E-state index in [0.717, 1.165) is 4.88 Å². The van der Waals surface area contributed by atoms with E-state index in [2.05, 4.69) is 15.0 Å². The highest BCUT2D eigenvalue weighted by atomic mass is 35.5. The van der Waals surface area contributed by atoms with Gasteiger partial charge in [-0.1, -0.05) is 17.7 Å². The number of nitrogens with zero attached hydrogens (tertiary/aromatic N) is 1. The first kappa shape index (κ1) is 16.2. The van der Waals surface area contributed by atoms with Gasteiger partial charge in [0.2, 0.25) is 10.0 Å². The molecule has 2 N–H and O–H groups in total. The van der Waals surface area contributed by atoms with E-state index >= 15 is 0 Å². The van der Waals surface area contributed by atoms with Crippen LogP contribution in [0.25, 0.3) is 0 Å². The van der Waals surface area contributed by atoms with Gasteiger partial charge in [-0.3, -0.25) is 0 Å². The van der Waals surface area contributed by atoms with Gasteiger partial charge in [-0.15, -0.1) is 11.3 Å². The van der Waals surface area contributed by atoms with Gasteiger partial charge in [0.15, 0.2) is 0 Å². The molecular weight excluding hydrogens is 330 g/mol. The van der Waals surface area contributed by atoms with Crippen LogP contribution in [0.5, 0.6) is 0 Å². The third-order valence-electron chi connectivity index (χ3n) is 2.77. The standard InChI is InChI=1S/C13H16ClN3O2S2/c1-3-15-13-11(14)7-10(8-16-13)21(18,19)17-9(2)12-5-4-6-20-12/h4-9,17H,3H2,1-2H3,(H,15,16). The molecule has 1 atom stereocenters. The Labute approximate surface area is 133 Å². The highest BCUT2D eigenvalue weighted by Crippen LogP contribution is 2.24. The Kier molecular flexibility index (Phi) is 5.21. The molecule has 0 aromatic carbocycles. The summed E-state index contributed by atoms with van der Waals surface area (Å²) in [4.78, 5) is 5.04. The van der Waals surface area contributed by atoms with E-state index in [-0.39, 0.29) is 16.0 Å². The van der Waals surface area contributed by atoms with Gasteiger partial charge in [0.25, 0.3) is 0 Å². The number of nitrogens with one attached hydrogen (secondary N) is 2. The molecule has 1 unspecified atom stereocenters. The van der Waals surface area contributed by atoms with Crippen molar-refractivity contribution in [1.82, 2.24) is 9.71 Å². The minimum Gasteiger partial charge on any atom is -0.369 e. The monoisotopic (exact) mass is 345 g/mol. The molecule has 8 heteroatoms. The van der Waals surface area contributed by atoms with Gasteiger partial charge in [-0.2, -0.15) is 0 Å². The summed E-state index contributed by atoms with van der Waals surface area (Å²) in [6.07, 6.45) is 1.30. The first-order valence-electron chi connectivity index (χ1n) is 6.39. The van der Waals surface area contributed by atoms with Crippen molar-refractivity contribution in [2.45, 2.75) is 24.8 Å². The van der Waals surface area contributed by atoms with Crippen molar-refractivity contribution in [2.75, 3.05) is 11.9 Å². The topological polar surface area (TPSA) is 71.1 Å². The molecule has 0 saturated carbocycles. The van der Waals surface area contributed by atoms with Gasteiger partial charge in [-0.05, 0) is 31.4 Å². The van der Waals surface area contributed by atoms with Crippen molar-refractivity contribution in [1.29, 1.82) is 0 Å². The second-order valence-corrected chi connectivity index (χ2v) is 7.49. The Hall–Kier alpha value is -1.15. The zero-order chi connectivity index (χ0) is 15.5. The van der Waals surface area contributed by atoms with Gasteiger partial charge >= 0.3 is 0 Å². The second kappa shape index (κ2) is 6.74. The van der Waals surface area contributed by atoms with Gasteiger partial charge in [-0.25, -0.2) is 18.1 Å². The number of hydrogen-bond acceptors (Lipinski definition) is 5. The number of halogens is 1. The van der Waals surface area contributed by atoms with Crippen LogP contribution in [0.4, 0.5) is 5.82 Å². The van der Waals surface area contributed by atoms with E-state index in [1.807, 2.05) is 24.4 Å². The average Bonchev–Trinajstić information content (AvgIpc) is 2.95. The number of pyridine rings is 1. The Morgan fingerprint density at radius 1 is 1.48 bits per heavy atom.